The summed E-state index contributed by atoms with van der Waals surface area (Å²) in [5.74, 6) is -0.124. The van der Waals surface area contributed by atoms with E-state index in [1.54, 1.807) is 30.5 Å². The number of carbonyl (C=O) groups is 1. The molecule has 0 atom stereocenters. The van der Waals surface area contributed by atoms with Gasteiger partial charge in [-0.05, 0) is 19.1 Å². The average molecular weight is 297 g/mol. The zero-order valence-corrected chi connectivity index (χ0v) is 11.9. The molecule has 0 aliphatic heterocycles. The van der Waals surface area contributed by atoms with Gasteiger partial charge >= 0.3 is 5.97 Å². The minimum atomic E-state index is -0.416. The van der Waals surface area contributed by atoms with Crippen molar-refractivity contribution in [2.24, 2.45) is 0 Å². The van der Waals surface area contributed by atoms with Crippen LogP contribution in [0, 0.1) is 5.82 Å². The molecule has 1 aromatic heterocycles. The largest absolute Gasteiger partial charge is 0.461 e. The molecule has 0 saturated heterocycles. The molecule has 3 nitrogen and oxygen atoms in total. The number of carbonyl (C=O) groups excluding carboxylic acids is 1. The third-order valence-electron chi connectivity index (χ3n) is 2.22. The summed E-state index contributed by atoms with van der Waals surface area (Å²) in [7, 11) is 0. The first-order valence-electron chi connectivity index (χ1n) is 5.69. The maximum absolute atomic E-state index is 13.4. The summed E-state index contributed by atoms with van der Waals surface area (Å²) < 4.78 is 18.3. The molecule has 0 unspecified atom stereocenters. The topological polar surface area (TPSA) is 39.2 Å². The summed E-state index contributed by atoms with van der Waals surface area (Å²) in [6, 6.07) is 6.59. The zero-order valence-electron chi connectivity index (χ0n) is 10.3. The Morgan fingerprint density at radius 1 is 1.47 bits per heavy atom. The van der Waals surface area contributed by atoms with Gasteiger partial charge in [-0.2, -0.15) is 0 Å². The lowest BCUT2D eigenvalue weighted by Gasteiger charge is -2.00. The van der Waals surface area contributed by atoms with E-state index in [1.807, 2.05) is 0 Å². The van der Waals surface area contributed by atoms with Crippen molar-refractivity contribution in [3.8, 4) is 0 Å². The second-order valence-electron chi connectivity index (χ2n) is 3.57. The van der Waals surface area contributed by atoms with Gasteiger partial charge in [0.2, 0.25) is 0 Å². The second kappa shape index (κ2) is 6.68. The third kappa shape index (κ3) is 3.78. The van der Waals surface area contributed by atoms with Gasteiger partial charge in [0.15, 0.2) is 5.69 Å². The summed E-state index contributed by atoms with van der Waals surface area (Å²) in [5.41, 5.74) is 0.316. The van der Waals surface area contributed by atoms with E-state index in [0.29, 0.717) is 22.9 Å². The van der Waals surface area contributed by atoms with Crippen molar-refractivity contribution >= 4 is 29.1 Å². The first kappa shape index (κ1) is 14.0. The lowest BCUT2D eigenvalue weighted by atomic mass is 10.3. The number of hydrogen-bond acceptors (Lipinski definition) is 5. The quantitative estimate of drug-likeness (QED) is 0.622. The van der Waals surface area contributed by atoms with Crippen molar-refractivity contribution in [3.63, 3.8) is 0 Å². The first-order chi connectivity index (χ1) is 9.20. The summed E-state index contributed by atoms with van der Waals surface area (Å²) in [6.07, 6.45) is 0. The highest BCUT2D eigenvalue weighted by molar-refractivity contribution is 7.98. The van der Waals surface area contributed by atoms with Crippen molar-refractivity contribution in [2.75, 3.05) is 6.61 Å². The van der Waals surface area contributed by atoms with Crippen LogP contribution in [0.4, 0.5) is 4.39 Å². The van der Waals surface area contributed by atoms with E-state index in [0.717, 1.165) is 5.01 Å². The van der Waals surface area contributed by atoms with Gasteiger partial charge in [-0.1, -0.05) is 12.1 Å². The fraction of sp³-hybridized carbons (Fsp3) is 0.231. The fourth-order valence-corrected chi connectivity index (χ4v) is 3.10. The maximum atomic E-state index is 13.4. The number of aromatic nitrogens is 1. The van der Waals surface area contributed by atoms with Crippen LogP contribution in [0.25, 0.3) is 0 Å². The highest BCUT2D eigenvalue weighted by atomic mass is 32.2. The van der Waals surface area contributed by atoms with Gasteiger partial charge in [-0.3, -0.25) is 0 Å². The molecule has 0 aliphatic rings. The standard InChI is InChI=1S/C13H12FNO2S2/c1-2-17-13(16)10-7-19-12(15-10)8-18-11-6-4-3-5-9(11)14/h3-7H,2,8H2,1H3. The normalized spacial score (nSPS) is 10.4. The van der Waals surface area contributed by atoms with Crippen LogP contribution in [0.3, 0.4) is 0 Å². The van der Waals surface area contributed by atoms with Crippen LogP contribution in [-0.2, 0) is 10.5 Å². The predicted octanol–water partition coefficient (Wildman–Crippen LogP) is 3.75. The van der Waals surface area contributed by atoms with Gasteiger partial charge in [0.1, 0.15) is 10.8 Å². The van der Waals surface area contributed by atoms with Gasteiger partial charge in [0, 0.05) is 10.3 Å². The molecule has 1 aromatic carbocycles. The van der Waals surface area contributed by atoms with Crippen LogP contribution in [0.15, 0.2) is 34.5 Å². The van der Waals surface area contributed by atoms with E-state index in [4.69, 9.17) is 4.74 Å². The molecule has 1 heterocycles. The Labute approximate surface area is 118 Å². The minimum Gasteiger partial charge on any atom is -0.461 e. The lowest BCUT2D eigenvalue weighted by molar-refractivity contribution is 0.0520. The summed E-state index contributed by atoms with van der Waals surface area (Å²) in [5, 5.41) is 2.44. The van der Waals surface area contributed by atoms with Crippen LogP contribution in [0.2, 0.25) is 0 Å². The van der Waals surface area contributed by atoms with E-state index in [1.165, 1.54) is 29.2 Å². The number of ether oxygens (including phenoxy) is 1. The maximum Gasteiger partial charge on any atom is 0.357 e. The van der Waals surface area contributed by atoms with Gasteiger partial charge in [-0.25, -0.2) is 14.2 Å². The van der Waals surface area contributed by atoms with E-state index in [-0.39, 0.29) is 5.82 Å². The molecule has 0 saturated carbocycles. The molecule has 0 N–H and O–H groups in total. The lowest BCUT2D eigenvalue weighted by Crippen LogP contribution is -2.04. The van der Waals surface area contributed by atoms with Crippen LogP contribution >= 0.6 is 23.1 Å². The molecule has 19 heavy (non-hydrogen) atoms. The number of esters is 1. The Hall–Kier alpha value is -1.40. The molecule has 0 radical (unpaired) electrons. The van der Waals surface area contributed by atoms with Crippen molar-refractivity contribution < 1.29 is 13.9 Å². The third-order valence-corrected chi connectivity index (χ3v) is 4.32. The molecule has 0 bridgehead atoms. The molecular formula is C13H12FNO2S2. The van der Waals surface area contributed by atoms with Crippen LogP contribution in [0.1, 0.15) is 22.4 Å². The van der Waals surface area contributed by atoms with Gasteiger partial charge in [0.25, 0.3) is 0 Å². The molecule has 2 rings (SSSR count). The Balaban J connectivity index is 1.97. The smallest absolute Gasteiger partial charge is 0.357 e. The second-order valence-corrected chi connectivity index (χ2v) is 5.53. The Bertz CT molecular complexity index is 571. The van der Waals surface area contributed by atoms with Crippen LogP contribution in [0.5, 0.6) is 0 Å². The number of benzene rings is 1. The Morgan fingerprint density at radius 2 is 2.26 bits per heavy atom. The molecule has 6 heteroatoms. The van der Waals surface area contributed by atoms with Crippen LogP contribution in [-0.4, -0.2) is 17.6 Å². The van der Waals surface area contributed by atoms with E-state index < -0.39 is 5.97 Å². The molecule has 100 valence electrons. The summed E-state index contributed by atoms with van der Waals surface area (Å²) >= 11 is 2.73. The summed E-state index contributed by atoms with van der Waals surface area (Å²) in [6.45, 7) is 2.08. The Morgan fingerprint density at radius 3 is 3.00 bits per heavy atom. The zero-order chi connectivity index (χ0) is 13.7. The Kier molecular flexibility index (Phi) is 4.93. The molecule has 0 aliphatic carbocycles. The van der Waals surface area contributed by atoms with Crippen molar-refractivity contribution in [2.45, 2.75) is 17.6 Å². The van der Waals surface area contributed by atoms with Gasteiger partial charge < -0.3 is 4.74 Å². The number of hydrogen-bond donors (Lipinski definition) is 0. The minimum absolute atomic E-state index is 0.241. The highest BCUT2D eigenvalue weighted by Gasteiger charge is 2.12. The molecule has 2 aromatic rings. The number of thioether (sulfide) groups is 1. The summed E-state index contributed by atoms with van der Waals surface area (Å²) in [4.78, 5) is 16.2. The number of halogens is 1. The van der Waals surface area contributed by atoms with Crippen molar-refractivity contribution in [1.82, 2.24) is 4.98 Å². The number of rotatable bonds is 5. The van der Waals surface area contributed by atoms with E-state index in [2.05, 4.69) is 4.98 Å². The van der Waals surface area contributed by atoms with Gasteiger partial charge in [-0.15, -0.1) is 23.1 Å². The number of nitrogens with zero attached hydrogens (tertiary/aromatic N) is 1. The monoisotopic (exact) mass is 297 g/mol. The van der Waals surface area contributed by atoms with E-state index in [9.17, 15) is 9.18 Å². The SMILES string of the molecule is CCOC(=O)c1csc(CSc2ccccc2F)n1. The molecule has 0 spiro atoms. The van der Waals surface area contributed by atoms with Crippen molar-refractivity contribution in [3.05, 3.63) is 46.2 Å². The fourth-order valence-electron chi connectivity index (χ4n) is 1.38. The van der Waals surface area contributed by atoms with Crippen molar-refractivity contribution in [1.29, 1.82) is 0 Å². The molecular weight excluding hydrogens is 285 g/mol. The molecule has 0 amide bonds. The van der Waals surface area contributed by atoms with Gasteiger partial charge in [0.05, 0.1) is 12.4 Å². The average Bonchev–Trinajstić information content (AvgIpc) is 2.87. The van der Waals surface area contributed by atoms with Crippen LogP contribution < -0.4 is 0 Å². The van der Waals surface area contributed by atoms with E-state index >= 15 is 0 Å². The predicted molar refractivity (Wildman–Crippen MR) is 74.0 cm³/mol. The first-order valence-corrected chi connectivity index (χ1v) is 7.56. The highest BCUT2D eigenvalue weighted by Crippen LogP contribution is 2.26. The number of thiazole rings is 1. The molecule has 0 fully saturated rings.